The summed E-state index contributed by atoms with van der Waals surface area (Å²) in [6.07, 6.45) is 4.94. The van der Waals surface area contributed by atoms with Gasteiger partial charge in [0.05, 0.1) is 0 Å². The summed E-state index contributed by atoms with van der Waals surface area (Å²) in [5.74, 6) is 0.607. The molecule has 0 bridgehead atoms. The van der Waals surface area contributed by atoms with Crippen molar-refractivity contribution >= 4 is 33.3 Å². The molecule has 0 aliphatic carbocycles. The smallest absolute Gasteiger partial charge is 0.251 e. The van der Waals surface area contributed by atoms with Crippen LogP contribution >= 0.6 is 15.9 Å². The predicted molar refractivity (Wildman–Crippen MR) is 98.3 cm³/mol. The fourth-order valence-electron chi connectivity index (χ4n) is 2.22. The van der Waals surface area contributed by atoms with Gasteiger partial charge in [-0.1, -0.05) is 35.7 Å². The Kier molecular flexibility index (Phi) is 6.59. The second-order valence-electron chi connectivity index (χ2n) is 5.48. The highest BCUT2D eigenvalue weighted by atomic mass is 79.9. The summed E-state index contributed by atoms with van der Waals surface area (Å²) in [4.78, 5) is 16.4. The zero-order valence-corrected chi connectivity index (χ0v) is 15.1. The lowest BCUT2D eigenvalue weighted by molar-refractivity contribution is 0.0953. The van der Waals surface area contributed by atoms with Crippen LogP contribution in [0, 0.1) is 6.92 Å². The summed E-state index contributed by atoms with van der Waals surface area (Å²) in [5, 5.41) is 6.20. The Morgan fingerprint density at radius 1 is 1.22 bits per heavy atom. The van der Waals surface area contributed by atoms with E-state index in [-0.39, 0.29) is 5.91 Å². The number of rotatable bonds is 7. The molecule has 2 N–H and O–H groups in total. The predicted octanol–water partition coefficient (Wildman–Crippen LogP) is 4.82. The average molecular weight is 376 g/mol. The van der Waals surface area contributed by atoms with Crippen LogP contribution in [0.1, 0.15) is 42.1 Å². The van der Waals surface area contributed by atoms with E-state index < -0.39 is 0 Å². The molecule has 0 aliphatic rings. The fourth-order valence-corrected chi connectivity index (χ4v) is 2.70. The van der Waals surface area contributed by atoms with Crippen LogP contribution < -0.4 is 10.6 Å². The molecule has 1 heterocycles. The van der Waals surface area contributed by atoms with Crippen molar-refractivity contribution in [1.29, 1.82) is 0 Å². The van der Waals surface area contributed by atoms with Crippen molar-refractivity contribution in [2.75, 3.05) is 11.9 Å². The number of hydrogen-bond acceptors (Lipinski definition) is 3. The maximum absolute atomic E-state index is 12.2. The Morgan fingerprint density at radius 3 is 2.78 bits per heavy atom. The van der Waals surface area contributed by atoms with Crippen LogP contribution in [0.3, 0.4) is 0 Å². The summed E-state index contributed by atoms with van der Waals surface area (Å²) in [7, 11) is 0. The van der Waals surface area contributed by atoms with Gasteiger partial charge in [-0.2, -0.15) is 0 Å². The molecule has 122 valence electrons. The van der Waals surface area contributed by atoms with Gasteiger partial charge >= 0.3 is 0 Å². The third-order valence-electron chi connectivity index (χ3n) is 3.54. The van der Waals surface area contributed by atoms with Crippen molar-refractivity contribution in [1.82, 2.24) is 10.3 Å². The van der Waals surface area contributed by atoms with E-state index in [1.54, 1.807) is 18.3 Å². The summed E-state index contributed by atoms with van der Waals surface area (Å²) >= 11 is 3.45. The first-order valence-corrected chi connectivity index (χ1v) is 8.67. The maximum Gasteiger partial charge on any atom is 0.251 e. The highest BCUT2D eigenvalue weighted by Crippen LogP contribution is 2.23. The molecule has 2 aromatic rings. The Bertz CT molecular complexity index is 673. The Balaban J connectivity index is 2.03. The molecule has 0 radical (unpaired) electrons. The summed E-state index contributed by atoms with van der Waals surface area (Å²) in [5.41, 5.74) is 2.70. The molecule has 23 heavy (non-hydrogen) atoms. The third-order valence-corrected chi connectivity index (χ3v) is 4.03. The number of nitrogens with one attached hydrogen (secondary N) is 2. The van der Waals surface area contributed by atoms with E-state index in [1.165, 1.54) is 0 Å². The van der Waals surface area contributed by atoms with Crippen molar-refractivity contribution in [3.8, 4) is 0 Å². The van der Waals surface area contributed by atoms with Gasteiger partial charge in [-0.25, -0.2) is 4.98 Å². The number of benzene rings is 1. The number of pyridine rings is 1. The number of anilines is 2. The van der Waals surface area contributed by atoms with E-state index >= 15 is 0 Å². The van der Waals surface area contributed by atoms with Crippen LogP contribution in [0.2, 0.25) is 0 Å². The van der Waals surface area contributed by atoms with Gasteiger partial charge in [0, 0.05) is 28.5 Å². The number of amides is 1. The molecular weight excluding hydrogens is 354 g/mol. The number of carbonyl (C=O) groups is 1. The number of aromatic nitrogens is 1. The lowest BCUT2D eigenvalue weighted by Crippen LogP contribution is -2.24. The Hall–Kier alpha value is -1.88. The molecule has 4 nitrogen and oxygen atoms in total. The largest absolute Gasteiger partial charge is 0.352 e. The van der Waals surface area contributed by atoms with Gasteiger partial charge in [0.25, 0.3) is 5.91 Å². The standard InChI is InChI=1S/C18H22BrN3O/c1-3-4-5-9-21-18(23)14-8-10-20-17(12-14)22-16-7-6-15(19)11-13(16)2/h6-8,10-12H,3-5,9H2,1-2H3,(H,20,22)(H,21,23). The number of carbonyl (C=O) groups excluding carboxylic acids is 1. The number of unbranched alkanes of at least 4 members (excludes halogenated alkanes) is 2. The second kappa shape index (κ2) is 8.67. The molecule has 0 aliphatic heterocycles. The molecule has 0 saturated heterocycles. The van der Waals surface area contributed by atoms with Crippen LogP contribution in [0.5, 0.6) is 0 Å². The van der Waals surface area contributed by atoms with Crippen LogP contribution in [0.25, 0.3) is 0 Å². The van der Waals surface area contributed by atoms with Gasteiger partial charge < -0.3 is 10.6 Å². The first-order valence-electron chi connectivity index (χ1n) is 7.87. The molecule has 1 aromatic carbocycles. The van der Waals surface area contributed by atoms with E-state index in [9.17, 15) is 4.79 Å². The highest BCUT2D eigenvalue weighted by Gasteiger charge is 2.07. The van der Waals surface area contributed by atoms with E-state index in [2.05, 4.69) is 38.5 Å². The molecule has 0 fully saturated rings. The maximum atomic E-state index is 12.2. The minimum Gasteiger partial charge on any atom is -0.352 e. The molecule has 2 rings (SSSR count). The highest BCUT2D eigenvalue weighted by molar-refractivity contribution is 9.10. The second-order valence-corrected chi connectivity index (χ2v) is 6.39. The van der Waals surface area contributed by atoms with Crippen molar-refractivity contribution in [2.24, 2.45) is 0 Å². The van der Waals surface area contributed by atoms with Crippen molar-refractivity contribution < 1.29 is 4.79 Å². The molecule has 0 spiro atoms. The van der Waals surface area contributed by atoms with Gasteiger partial charge in [-0.3, -0.25) is 4.79 Å². The van der Waals surface area contributed by atoms with Gasteiger partial charge in [0.2, 0.25) is 0 Å². The Labute approximate surface area is 145 Å². The normalized spacial score (nSPS) is 10.4. The molecule has 0 saturated carbocycles. The topological polar surface area (TPSA) is 54.0 Å². The molecular formula is C18H22BrN3O. The molecule has 5 heteroatoms. The van der Waals surface area contributed by atoms with Gasteiger partial charge in [-0.05, 0) is 49.2 Å². The number of nitrogens with zero attached hydrogens (tertiary/aromatic N) is 1. The van der Waals surface area contributed by atoms with Crippen LogP contribution in [-0.4, -0.2) is 17.4 Å². The van der Waals surface area contributed by atoms with E-state index in [0.29, 0.717) is 17.9 Å². The summed E-state index contributed by atoms with van der Waals surface area (Å²) in [6.45, 7) is 4.88. The molecule has 0 unspecified atom stereocenters. The number of halogens is 1. The molecule has 0 atom stereocenters. The van der Waals surface area contributed by atoms with Gasteiger partial charge in [-0.15, -0.1) is 0 Å². The number of hydrogen-bond donors (Lipinski definition) is 2. The SMILES string of the molecule is CCCCCNC(=O)c1ccnc(Nc2ccc(Br)cc2C)c1. The lowest BCUT2D eigenvalue weighted by atomic mass is 10.2. The van der Waals surface area contributed by atoms with Gasteiger partial charge in [0.1, 0.15) is 5.82 Å². The first kappa shape index (κ1) is 17.5. The van der Waals surface area contributed by atoms with Crippen LogP contribution in [0.15, 0.2) is 41.0 Å². The summed E-state index contributed by atoms with van der Waals surface area (Å²) in [6, 6.07) is 9.50. The van der Waals surface area contributed by atoms with Crippen LogP contribution in [-0.2, 0) is 0 Å². The Morgan fingerprint density at radius 2 is 2.04 bits per heavy atom. The molecule has 1 aromatic heterocycles. The van der Waals surface area contributed by atoms with Gasteiger partial charge in [0.15, 0.2) is 0 Å². The van der Waals surface area contributed by atoms with Crippen molar-refractivity contribution in [3.05, 3.63) is 52.1 Å². The summed E-state index contributed by atoms with van der Waals surface area (Å²) < 4.78 is 1.04. The quantitative estimate of drug-likeness (QED) is 0.682. The van der Waals surface area contributed by atoms with Crippen LogP contribution in [0.4, 0.5) is 11.5 Å². The van der Waals surface area contributed by atoms with E-state index in [0.717, 1.165) is 35.0 Å². The number of aryl methyl sites for hydroxylation is 1. The fraction of sp³-hybridized carbons (Fsp3) is 0.333. The minimum absolute atomic E-state index is 0.0564. The third kappa shape index (κ3) is 5.36. The zero-order valence-electron chi connectivity index (χ0n) is 13.5. The van der Waals surface area contributed by atoms with Crippen molar-refractivity contribution in [2.45, 2.75) is 33.1 Å². The first-order chi connectivity index (χ1) is 11.1. The average Bonchev–Trinajstić information content (AvgIpc) is 2.54. The lowest BCUT2D eigenvalue weighted by Gasteiger charge is -2.10. The zero-order chi connectivity index (χ0) is 16.7. The van der Waals surface area contributed by atoms with Crippen molar-refractivity contribution in [3.63, 3.8) is 0 Å². The monoisotopic (exact) mass is 375 g/mol. The van der Waals surface area contributed by atoms with E-state index in [1.807, 2.05) is 25.1 Å². The molecule has 1 amide bonds. The van der Waals surface area contributed by atoms with E-state index in [4.69, 9.17) is 0 Å². The minimum atomic E-state index is -0.0564.